The van der Waals surface area contributed by atoms with Crippen LogP contribution in [-0.4, -0.2) is 29.4 Å². The van der Waals surface area contributed by atoms with Gasteiger partial charge in [-0.1, -0.05) is 15.9 Å². The van der Waals surface area contributed by atoms with Crippen LogP contribution >= 0.6 is 15.9 Å². The number of anilines is 1. The Balaban J connectivity index is 2.21. The van der Waals surface area contributed by atoms with E-state index in [9.17, 15) is 4.79 Å². The molecule has 5 nitrogen and oxygen atoms in total. The lowest BCUT2D eigenvalue weighted by molar-refractivity contribution is -0.137. The molecule has 0 bridgehead atoms. The van der Waals surface area contributed by atoms with Crippen molar-refractivity contribution < 1.29 is 9.53 Å². The first-order chi connectivity index (χ1) is 11.0. The second kappa shape index (κ2) is 7.97. The topological polar surface area (TPSA) is 47.4 Å². The van der Waals surface area contributed by atoms with E-state index in [1.165, 1.54) is 6.08 Å². The van der Waals surface area contributed by atoms with Crippen LogP contribution in [0.15, 0.2) is 41.1 Å². The lowest BCUT2D eigenvalue weighted by Gasteiger charge is -2.21. The van der Waals surface area contributed by atoms with Gasteiger partial charge in [0.05, 0.1) is 12.8 Å². The Bertz CT molecular complexity index is 710. The molecule has 2 aromatic rings. The fraction of sp³-hybridized carbons (Fsp3) is 0.294. The van der Waals surface area contributed by atoms with Crippen LogP contribution in [0.3, 0.4) is 0 Å². The Morgan fingerprint density at radius 1 is 1.48 bits per heavy atom. The predicted octanol–water partition coefficient (Wildman–Crippen LogP) is 3.40. The molecule has 1 heterocycles. The van der Waals surface area contributed by atoms with Gasteiger partial charge in [-0.2, -0.15) is 5.10 Å². The van der Waals surface area contributed by atoms with E-state index in [4.69, 9.17) is 4.74 Å². The van der Waals surface area contributed by atoms with Crippen molar-refractivity contribution in [2.75, 3.05) is 18.6 Å². The lowest BCUT2D eigenvalue weighted by Crippen LogP contribution is -2.17. The van der Waals surface area contributed by atoms with E-state index in [1.54, 1.807) is 17.7 Å². The van der Waals surface area contributed by atoms with Crippen molar-refractivity contribution in [2.24, 2.45) is 7.05 Å². The minimum Gasteiger partial charge on any atom is -0.463 e. The van der Waals surface area contributed by atoms with Crippen molar-refractivity contribution in [3.8, 4) is 0 Å². The van der Waals surface area contributed by atoms with Gasteiger partial charge in [0.15, 0.2) is 0 Å². The molecule has 0 N–H and O–H groups in total. The summed E-state index contributed by atoms with van der Waals surface area (Å²) in [7, 11) is 3.91. The third-order valence-electron chi connectivity index (χ3n) is 3.26. The molecule has 23 heavy (non-hydrogen) atoms. The SMILES string of the molecule is CCOC(=O)/C=C/c1cc(Br)ccc1N(C)Cc1cnn(C)c1. The van der Waals surface area contributed by atoms with Crippen molar-refractivity contribution >= 4 is 33.7 Å². The molecule has 1 aromatic carbocycles. The van der Waals surface area contributed by atoms with Gasteiger partial charge in [-0.25, -0.2) is 4.79 Å². The van der Waals surface area contributed by atoms with Crippen LogP contribution in [0.1, 0.15) is 18.1 Å². The number of halogens is 1. The van der Waals surface area contributed by atoms with Crippen LogP contribution in [0.25, 0.3) is 6.08 Å². The monoisotopic (exact) mass is 377 g/mol. The van der Waals surface area contributed by atoms with Gasteiger partial charge in [-0.3, -0.25) is 4.68 Å². The summed E-state index contributed by atoms with van der Waals surface area (Å²) < 4.78 is 7.67. The van der Waals surface area contributed by atoms with E-state index in [0.717, 1.165) is 27.8 Å². The van der Waals surface area contributed by atoms with Gasteiger partial charge >= 0.3 is 5.97 Å². The maximum atomic E-state index is 11.5. The number of carbonyl (C=O) groups is 1. The zero-order chi connectivity index (χ0) is 16.8. The first-order valence-electron chi connectivity index (χ1n) is 7.32. The van der Waals surface area contributed by atoms with Crippen LogP contribution < -0.4 is 4.90 Å². The fourth-order valence-electron chi connectivity index (χ4n) is 2.27. The smallest absolute Gasteiger partial charge is 0.330 e. The minimum atomic E-state index is -0.340. The summed E-state index contributed by atoms with van der Waals surface area (Å²) in [4.78, 5) is 13.7. The average molecular weight is 378 g/mol. The zero-order valence-corrected chi connectivity index (χ0v) is 15.1. The average Bonchev–Trinajstić information content (AvgIpc) is 2.90. The Morgan fingerprint density at radius 3 is 2.91 bits per heavy atom. The number of aryl methyl sites for hydroxylation is 1. The number of ether oxygens (including phenoxy) is 1. The van der Waals surface area contributed by atoms with Gasteiger partial charge < -0.3 is 9.64 Å². The van der Waals surface area contributed by atoms with Gasteiger partial charge in [0.1, 0.15) is 0 Å². The molecule has 1 aromatic heterocycles. The Hall–Kier alpha value is -2.08. The highest BCUT2D eigenvalue weighted by Gasteiger charge is 2.09. The Labute approximate surface area is 144 Å². The number of rotatable bonds is 6. The van der Waals surface area contributed by atoms with Gasteiger partial charge in [0.25, 0.3) is 0 Å². The quantitative estimate of drug-likeness (QED) is 0.571. The zero-order valence-electron chi connectivity index (χ0n) is 13.5. The van der Waals surface area contributed by atoms with Crippen LogP contribution in [-0.2, 0) is 23.1 Å². The van der Waals surface area contributed by atoms with E-state index >= 15 is 0 Å². The molecule has 122 valence electrons. The van der Waals surface area contributed by atoms with Crippen molar-refractivity contribution in [1.82, 2.24) is 9.78 Å². The number of nitrogens with zero attached hydrogens (tertiary/aromatic N) is 3. The maximum Gasteiger partial charge on any atom is 0.330 e. The number of esters is 1. The minimum absolute atomic E-state index is 0.340. The van der Waals surface area contributed by atoms with Crippen molar-refractivity contribution in [3.05, 3.63) is 52.3 Å². The summed E-state index contributed by atoms with van der Waals surface area (Å²) >= 11 is 3.47. The van der Waals surface area contributed by atoms with Crippen LogP contribution in [0.2, 0.25) is 0 Å². The highest BCUT2D eigenvalue weighted by molar-refractivity contribution is 9.10. The summed E-state index contributed by atoms with van der Waals surface area (Å²) in [6.07, 6.45) is 7.07. The molecule has 0 spiro atoms. The van der Waals surface area contributed by atoms with Crippen molar-refractivity contribution in [2.45, 2.75) is 13.5 Å². The summed E-state index contributed by atoms with van der Waals surface area (Å²) in [5.74, 6) is -0.340. The molecule has 0 saturated carbocycles. The molecule has 0 amide bonds. The molecule has 0 fully saturated rings. The molecular formula is C17H20BrN3O2. The van der Waals surface area contributed by atoms with E-state index in [0.29, 0.717) is 6.61 Å². The first kappa shape index (κ1) is 17.3. The van der Waals surface area contributed by atoms with Gasteiger partial charge in [-0.05, 0) is 36.8 Å². The van der Waals surface area contributed by atoms with E-state index in [1.807, 2.05) is 44.7 Å². The third-order valence-corrected chi connectivity index (χ3v) is 3.76. The molecule has 0 saturated heterocycles. The van der Waals surface area contributed by atoms with E-state index in [2.05, 4.69) is 25.9 Å². The largest absolute Gasteiger partial charge is 0.463 e. The van der Waals surface area contributed by atoms with Gasteiger partial charge in [-0.15, -0.1) is 0 Å². The molecule has 0 aliphatic carbocycles. The molecule has 0 aliphatic rings. The van der Waals surface area contributed by atoms with Gasteiger partial charge in [0.2, 0.25) is 0 Å². The summed E-state index contributed by atoms with van der Waals surface area (Å²) in [5.41, 5.74) is 3.09. The fourth-order valence-corrected chi connectivity index (χ4v) is 2.65. The van der Waals surface area contributed by atoms with Crippen LogP contribution in [0, 0.1) is 0 Å². The number of carbonyl (C=O) groups excluding carboxylic acids is 1. The molecule has 6 heteroatoms. The maximum absolute atomic E-state index is 11.5. The molecule has 0 atom stereocenters. The van der Waals surface area contributed by atoms with Crippen molar-refractivity contribution in [1.29, 1.82) is 0 Å². The number of benzene rings is 1. The highest BCUT2D eigenvalue weighted by atomic mass is 79.9. The number of hydrogen-bond donors (Lipinski definition) is 0. The van der Waals surface area contributed by atoms with Gasteiger partial charge in [0, 0.05) is 48.6 Å². The standard InChI is InChI=1S/C17H20BrN3O2/c1-4-23-17(22)8-5-14-9-15(18)6-7-16(14)20(2)11-13-10-19-21(3)12-13/h5-10,12H,4,11H2,1-3H3/b8-5+. The molecule has 2 rings (SSSR count). The predicted molar refractivity (Wildman–Crippen MR) is 95.1 cm³/mol. The number of aromatic nitrogens is 2. The Kier molecular flexibility index (Phi) is 5.98. The van der Waals surface area contributed by atoms with Crippen molar-refractivity contribution in [3.63, 3.8) is 0 Å². The summed E-state index contributed by atoms with van der Waals surface area (Å²) in [6.45, 7) is 2.89. The highest BCUT2D eigenvalue weighted by Crippen LogP contribution is 2.26. The van der Waals surface area contributed by atoms with Crippen LogP contribution in [0.4, 0.5) is 5.69 Å². The first-order valence-corrected chi connectivity index (χ1v) is 8.12. The molecule has 0 aliphatic heterocycles. The van der Waals surface area contributed by atoms with E-state index in [-0.39, 0.29) is 5.97 Å². The summed E-state index contributed by atoms with van der Waals surface area (Å²) in [5, 5.41) is 4.19. The second-order valence-corrected chi connectivity index (χ2v) is 6.08. The summed E-state index contributed by atoms with van der Waals surface area (Å²) in [6, 6.07) is 5.98. The normalized spacial score (nSPS) is 11.0. The molecular weight excluding hydrogens is 358 g/mol. The molecule has 0 radical (unpaired) electrons. The Morgan fingerprint density at radius 2 is 2.26 bits per heavy atom. The van der Waals surface area contributed by atoms with E-state index < -0.39 is 0 Å². The lowest BCUT2D eigenvalue weighted by atomic mass is 10.1. The second-order valence-electron chi connectivity index (χ2n) is 5.17. The molecule has 0 unspecified atom stereocenters. The third kappa shape index (κ3) is 4.96. The van der Waals surface area contributed by atoms with Crippen LogP contribution in [0.5, 0.6) is 0 Å². The number of hydrogen-bond acceptors (Lipinski definition) is 4.